The molecule has 1 amide bonds. The zero-order valence-corrected chi connectivity index (χ0v) is 26.0. The molecule has 224 valence electrons. The molecule has 0 heterocycles. The van der Waals surface area contributed by atoms with Gasteiger partial charge in [0.15, 0.2) is 17.4 Å². The first kappa shape index (κ1) is 35.2. The van der Waals surface area contributed by atoms with Gasteiger partial charge in [0.2, 0.25) is 5.82 Å². The van der Waals surface area contributed by atoms with Gasteiger partial charge in [0, 0.05) is 35.8 Å². The molecule has 0 aromatic heterocycles. The van der Waals surface area contributed by atoms with Crippen LogP contribution in [0, 0.1) is 17.6 Å². The Hall–Kier alpha value is -3.81. The highest BCUT2D eigenvalue weighted by atomic mass is 19.2. The number of amides is 1. The largest absolute Gasteiger partial charge is 0.494 e. The number of nitrogens with zero attached hydrogens (tertiary/aromatic N) is 2. The van der Waals surface area contributed by atoms with Crippen molar-refractivity contribution in [3.63, 3.8) is 0 Å². The number of anilines is 1. The molecular weight excluding hydrogens is 522 g/mol. The lowest BCUT2D eigenvalue weighted by molar-refractivity contribution is 0.0945. The third-order valence-corrected chi connectivity index (χ3v) is 6.54. The zero-order valence-electron chi connectivity index (χ0n) is 26.0. The van der Waals surface area contributed by atoms with Gasteiger partial charge in [-0.1, -0.05) is 53.5 Å². The second-order valence-corrected chi connectivity index (χ2v) is 9.17. The standard InChI is InChI=1S/C31H40F2N4O2.C2H6/c1-8-16-34-30(21(6)35-18-20(5)25-14-15-27(39-7)29(33)28(25)32)37-24-12-13-26(23(11-4)17-24)31(38)36-19-22(9-2)10-3;1-2/h8,12-18,22H,9-11,19H2,1-7H3,(H,34,37)(H,36,38);1-2H3/b16-8-,20-18+,35-21?;. The quantitative estimate of drug-likeness (QED) is 0.199. The number of benzene rings is 2. The molecule has 0 saturated heterocycles. The van der Waals surface area contributed by atoms with Crippen molar-refractivity contribution in [3.05, 3.63) is 77.1 Å². The lowest BCUT2D eigenvalue weighted by atomic mass is 10.0. The van der Waals surface area contributed by atoms with Gasteiger partial charge in [0.05, 0.1) is 12.8 Å². The van der Waals surface area contributed by atoms with E-state index < -0.39 is 11.6 Å². The van der Waals surface area contributed by atoms with E-state index in [1.165, 1.54) is 25.4 Å². The maximum Gasteiger partial charge on any atom is 0.251 e. The third-order valence-electron chi connectivity index (χ3n) is 6.54. The van der Waals surface area contributed by atoms with Crippen LogP contribution in [0.25, 0.3) is 5.57 Å². The van der Waals surface area contributed by atoms with Crippen molar-refractivity contribution in [3.8, 4) is 5.75 Å². The number of hydrogen-bond donors (Lipinski definition) is 2. The number of carbonyl (C=O) groups is 1. The maximum absolute atomic E-state index is 14.5. The van der Waals surface area contributed by atoms with Crippen LogP contribution in [0.5, 0.6) is 5.75 Å². The number of rotatable bonds is 12. The Labute approximate surface area is 244 Å². The first-order valence-electron chi connectivity index (χ1n) is 14.3. The maximum atomic E-state index is 14.5. The summed E-state index contributed by atoms with van der Waals surface area (Å²) in [6.07, 6.45) is 7.63. The predicted octanol–water partition coefficient (Wildman–Crippen LogP) is 8.59. The minimum atomic E-state index is -1.04. The molecule has 2 N–H and O–H groups in total. The predicted molar refractivity (Wildman–Crippen MR) is 169 cm³/mol. The van der Waals surface area contributed by atoms with E-state index in [2.05, 4.69) is 34.5 Å². The molecule has 0 bridgehead atoms. The number of ether oxygens (including phenoxy) is 1. The molecule has 0 radical (unpaired) electrons. The van der Waals surface area contributed by atoms with E-state index in [9.17, 15) is 13.6 Å². The van der Waals surface area contributed by atoms with Crippen molar-refractivity contribution in [2.24, 2.45) is 15.9 Å². The molecule has 0 fully saturated rings. The summed E-state index contributed by atoms with van der Waals surface area (Å²) >= 11 is 0. The number of methoxy groups -OCH3 is 1. The van der Waals surface area contributed by atoms with Crippen LogP contribution in [-0.4, -0.2) is 31.1 Å². The molecule has 2 rings (SSSR count). The van der Waals surface area contributed by atoms with Gasteiger partial charge < -0.3 is 15.4 Å². The molecule has 0 aliphatic heterocycles. The number of aliphatic imine (C=N–C) groups is 2. The number of allylic oxidation sites excluding steroid dienone is 2. The first-order valence-corrected chi connectivity index (χ1v) is 14.3. The Bertz CT molecular complexity index is 1260. The zero-order chi connectivity index (χ0) is 30.9. The summed E-state index contributed by atoms with van der Waals surface area (Å²) in [5, 5.41) is 6.34. The second-order valence-electron chi connectivity index (χ2n) is 9.17. The summed E-state index contributed by atoms with van der Waals surface area (Å²) in [6, 6.07) is 8.41. The van der Waals surface area contributed by atoms with Crippen LogP contribution < -0.4 is 15.4 Å². The summed E-state index contributed by atoms with van der Waals surface area (Å²) in [5.74, 6) is -1.33. The van der Waals surface area contributed by atoms with Crippen molar-refractivity contribution < 1.29 is 18.3 Å². The molecule has 2 aromatic rings. The number of halogens is 2. The summed E-state index contributed by atoms with van der Waals surface area (Å²) < 4.78 is 33.5. The van der Waals surface area contributed by atoms with Gasteiger partial charge in [-0.15, -0.1) is 0 Å². The second kappa shape index (κ2) is 18.5. The van der Waals surface area contributed by atoms with Gasteiger partial charge >= 0.3 is 0 Å². The highest BCUT2D eigenvalue weighted by Gasteiger charge is 2.16. The van der Waals surface area contributed by atoms with Crippen molar-refractivity contribution in [2.45, 2.75) is 74.7 Å². The van der Waals surface area contributed by atoms with Crippen LogP contribution in [0.1, 0.15) is 89.7 Å². The van der Waals surface area contributed by atoms with E-state index in [4.69, 9.17) is 4.74 Å². The van der Waals surface area contributed by atoms with E-state index in [0.29, 0.717) is 41.6 Å². The Morgan fingerprint density at radius 2 is 1.66 bits per heavy atom. The lowest BCUT2D eigenvalue weighted by Gasteiger charge is -2.16. The number of aryl methyl sites for hydroxylation is 1. The van der Waals surface area contributed by atoms with Gasteiger partial charge in [0.1, 0.15) is 0 Å². The molecular formula is C33H46F2N4O2. The van der Waals surface area contributed by atoms with E-state index >= 15 is 0 Å². The van der Waals surface area contributed by atoms with Crippen molar-refractivity contribution in [2.75, 3.05) is 19.0 Å². The summed E-state index contributed by atoms with van der Waals surface area (Å²) in [6.45, 7) is 16.2. The third kappa shape index (κ3) is 10.3. The van der Waals surface area contributed by atoms with Crippen LogP contribution in [0.4, 0.5) is 14.5 Å². The lowest BCUT2D eigenvalue weighted by Crippen LogP contribution is -2.29. The Balaban J connectivity index is 0.00000411. The van der Waals surface area contributed by atoms with E-state index in [1.54, 1.807) is 26.1 Å². The molecule has 0 spiro atoms. The number of hydrogen-bond acceptors (Lipinski definition) is 4. The summed E-state index contributed by atoms with van der Waals surface area (Å²) in [7, 11) is 1.29. The SMILES string of the molecule is C/C=C\N=C(Nc1ccc(C(=O)NCC(CC)CC)c(CC)c1)C(C)=N/C=C(\C)c1ccc(OC)c(F)c1F.CC. The van der Waals surface area contributed by atoms with Gasteiger partial charge in [-0.2, -0.15) is 4.39 Å². The molecule has 6 nitrogen and oxygen atoms in total. The van der Waals surface area contributed by atoms with Gasteiger partial charge in [-0.3, -0.25) is 9.79 Å². The topological polar surface area (TPSA) is 75.1 Å². The summed E-state index contributed by atoms with van der Waals surface area (Å²) in [4.78, 5) is 21.8. The minimum absolute atomic E-state index is 0.0753. The first-order chi connectivity index (χ1) is 19.7. The molecule has 0 atom stereocenters. The fraction of sp³-hybridized carbons (Fsp3) is 0.424. The molecule has 0 aliphatic carbocycles. The molecule has 0 aliphatic rings. The van der Waals surface area contributed by atoms with Crippen LogP contribution >= 0.6 is 0 Å². The number of nitrogens with one attached hydrogen (secondary N) is 2. The van der Waals surface area contributed by atoms with Crippen LogP contribution in [0.3, 0.4) is 0 Å². The van der Waals surface area contributed by atoms with E-state index in [0.717, 1.165) is 24.1 Å². The molecule has 8 heteroatoms. The fourth-order valence-electron chi connectivity index (χ4n) is 3.92. The van der Waals surface area contributed by atoms with Crippen LogP contribution in [0.2, 0.25) is 0 Å². The van der Waals surface area contributed by atoms with Crippen molar-refractivity contribution >= 4 is 28.7 Å². The van der Waals surface area contributed by atoms with E-state index in [-0.39, 0.29) is 17.2 Å². The Morgan fingerprint density at radius 1 is 1.00 bits per heavy atom. The number of amidine groups is 1. The monoisotopic (exact) mass is 568 g/mol. The van der Waals surface area contributed by atoms with E-state index in [1.807, 2.05) is 45.9 Å². The van der Waals surface area contributed by atoms with Crippen molar-refractivity contribution in [1.82, 2.24) is 5.32 Å². The molecule has 0 unspecified atom stereocenters. The van der Waals surface area contributed by atoms with Gasteiger partial charge in [-0.25, -0.2) is 9.38 Å². The molecule has 2 aromatic carbocycles. The fourth-order valence-corrected chi connectivity index (χ4v) is 3.92. The number of carbonyl (C=O) groups excluding carboxylic acids is 1. The average Bonchev–Trinajstić information content (AvgIpc) is 3.00. The van der Waals surface area contributed by atoms with Crippen LogP contribution in [0.15, 0.2) is 58.8 Å². The average molecular weight is 569 g/mol. The van der Waals surface area contributed by atoms with Gasteiger partial charge in [-0.05, 0) is 74.6 Å². The molecule has 0 saturated carbocycles. The Morgan fingerprint density at radius 3 is 2.24 bits per heavy atom. The summed E-state index contributed by atoms with van der Waals surface area (Å²) in [5.41, 5.74) is 3.39. The van der Waals surface area contributed by atoms with Crippen molar-refractivity contribution in [1.29, 1.82) is 0 Å². The highest BCUT2D eigenvalue weighted by Crippen LogP contribution is 2.27. The van der Waals surface area contributed by atoms with Gasteiger partial charge in [0.25, 0.3) is 5.91 Å². The Kier molecular flexibility index (Phi) is 15.9. The highest BCUT2D eigenvalue weighted by molar-refractivity contribution is 6.45. The van der Waals surface area contributed by atoms with Crippen LogP contribution in [-0.2, 0) is 6.42 Å². The molecule has 41 heavy (non-hydrogen) atoms. The minimum Gasteiger partial charge on any atom is -0.494 e. The normalized spacial score (nSPS) is 12.3. The smallest absolute Gasteiger partial charge is 0.251 e.